The highest BCUT2D eigenvalue weighted by Gasteiger charge is 2.23. The molecule has 1 aromatic heterocycles. The van der Waals surface area contributed by atoms with E-state index in [2.05, 4.69) is 15.0 Å². The Bertz CT molecular complexity index is 719. The maximum atomic E-state index is 13.6. The Morgan fingerprint density at radius 2 is 1.83 bits per heavy atom. The molecule has 0 bridgehead atoms. The van der Waals surface area contributed by atoms with Gasteiger partial charge in [-0.3, -0.25) is 0 Å². The van der Waals surface area contributed by atoms with Crippen molar-refractivity contribution < 1.29 is 18.3 Å². The lowest BCUT2D eigenvalue weighted by Crippen LogP contribution is -2.19. The van der Waals surface area contributed by atoms with Crippen LogP contribution in [-0.4, -0.2) is 35.0 Å². The SMILES string of the molecule is CC(OC(=O)c1c(F)cccc1F)c1nc(N)nc(N(C)C)n1. The second kappa shape index (κ2) is 6.51. The summed E-state index contributed by atoms with van der Waals surface area (Å²) in [5.74, 6) is -2.88. The zero-order valence-electron chi connectivity index (χ0n) is 12.7. The van der Waals surface area contributed by atoms with Gasteiger partial charge in [-0.1, -0.05) is 6.07 Å². The zero-order valence-corrected chi connectivity index (χ0v) is 12.7. The van der Waals surface area contributed by atoms with Crippen molar-refractivity contribution in [2.45, 2.75) is 13.0 Å². The molecular formula is C14H15F2N5O2. The van der Waals surface area contributed by atoms with Gasteiger partial charge >= 0.3 is 5.97 Å². The maximum absolute atomic E-state index is 13.6. The Morgan fingerprint density at radius 3 is 2.39 bits per heavy atom. The number of anilines is 2. The Labute approximate surface area is 131 Å². The molecule has 1 atom stereocenters. The number of rotatable bonds is 4. The van der Waals surface area contributed by atoms with Crippen LogP contribution < -0.4 is 10.6 Å². The van der Waals surface area contributed by atoms with Crippen molar-refractivity contribution in [3.63, 3.8) is 0 Å². The number of aromatic nitrogens is 3. The first-order valence-electron chi connectivity index (χ1n) is 6.63. The van der Waals surface area contributed by atoms with E-state index < -0.39 is 29.3 Å². The normalized spacial score (nSPS) is 11.9. The molecule has 0 saturated carbocycles. The van der Waals surface area contributed by atoms with Gasteiger partial charge in [0.25, 0.3) is 0 Å². The first kappa shape index (κ1) is 16.5. The molecule has 0 fully saturated rings. The van der Waals surface area contributed by atoms with E-state index in [0.717, 1.165) is 18.2 Å². The fraction of sp³-hybridized carbons (Fsp3) is 0.286. The summed E-state index contributed by atoms with van der Waals surface area (Å²) in [4.78, 5) is 25.4. The lowest BCUT2D eigenvalue weighted by atomic mass is 10.2. The number of hydrogen-bond donors (Lipinski definition) is 1. The van der Waals surface area contributed by atoms with Crippen LogP contribution in [0.2, 0.25) is 0 Å². The smallest absolute Gasteiger partial charge is 0.344 e. The second-order valence-electron chi connectivity index (χ2n) is 4.89. The van der Waals surface area contributed by atoms with Gasteiger partial charge in [0, 0.05) is 14.1 Å². The summed E-state index contributed by atoms with van der Waals surface area (Å²) < 4.78 is 32.2. The van der Waals surface area contributed by atoms with Crippen molar-refractivity contribution in [2.24, 2.45) is 0 Å². The zero-order chi connectivity index (χ0) is 17.1. The number of carbonyl (C=O) groups is 1. The van der Waals surface area contributed by atoms with Crippen molar-refractivity contribution >= 4 is 17.9 Å². The van der Waals surface area contributed by atoms with Gasteiger partial charge in [-0.15, -0.1) is 0 Å². The first-order valence-corrected chi connectivity index (χ1v) is 6.63. The van der Waals surface area contributed by atoms with Crippen molar-refractivity contribution in [2.75, 3.05) is 24.7 Å². The van der Waals surface area contributed by atoms with Crippen LogP contribution in [0.3, 0.4) is 0 Å². The fourth-order valence-corrected chi connectivity index (χ4v) is 1.74. The summed E-state index contributed by atoms with van der Waals surface area (Å²) in [5.41, 5.74) is 4.81. The average Bonchev–Trinajstić information content (AvgIpc) is 2.46. The average molecular weight is 323 g/mol. The van der Waals surface area contributed by atoms with Crippen molar-refractivity contribution in [3.8, 4) is 0 Å². The number of carbonyl (C=O) groups excluding carboxylic acids is 1. The number of nitrogen functional groups attached to an aromatic ring is 1. The van der Waals surface area contributed by atoms with Crippen LogP contribution in [0, 0.1) is 11.6 Å². The topological polar surface area (TPSA) is 94.2 Å². The maximum Gasteiger partial charge on any atom is 0.344 e. The summed E-state index contributed by atoms with van der Waals surface area (Å²) in [6.45, 7) is 1.46. The van der Waals surface area contributed by atoms with Gasteiger partial charge in [0.2, 0.25) is 11.9 Å². The van der Waals surface area contributed by atoms with E-state index >= 15 is 0 Å². The third-order valence-corrected chi connectivity index (χ3v) is 2.87. The summed E-state index contributed by atoms with van der Waals surface area (Å²) in [6, 6.07) is 3.09. The van der Waals surface area contributed by atoms with Gasteiger partial charge in [0.05, 0.1) is 0 Å². The van der Waals surface area contributed by atoms with E-state index in [9.17, 15) is 13.6 Å². The summed E-state index contributed by atoms with van der Waals surface area (Å²) >= 11 is 0. The minimum Gasteiger partial charge on any atom is -0.451 e. The third kappa shape index (κ3) is 3.68. The van der Waals surface area contributed by atoms with E-state index in [0.29, 0.717) is 0 Å². The van der Waals surface area contributed by atoms with E-state index in [4.69, 9.17) is 10.5 Å². The van der Waals surface area contributed by atoms with Gasteiger partial charge in [-0.25, -0.2) is 13.6 Å². The van der Waals surface area contributed by atoms with Crippen LogP contribution in [0.4, 0.5) is 20.7 Å². The predicted octanol–water partition coefficient (Wildman–Crippen LogP) is 1.72. The minimum atomic E-state index is -1.15. The fourth-order valence-electron chi connectivity index (χ4n) is 1.74. The Morgan fingerprint density at radius 1 is 1.22 bits per heavy atom. The molecule has 0 radical (unpaired) electrons. The van der Waals surface area contributed by atoms with Crippen LogP contribution in [0.5, 0.6) is 0 Å². The van der Waals surface area contributed by atoms with Gasteiger partial charge in [-0.05, 0) is 19.1 Å². The molecule has 0 aliphatic carbocycles. The van der Waals surface area contributed by atoms with Crippen molar-refractivity contribution in [1.82, 2.24) is 15.0 Å². The molecule has 9 heteroatoms. The first-order chi connectivity index (χ1) is 10.8. The second-order valence-corrected chi connectivity index (χ2v) is 4.89. The Balaban J connectivity index is 2.25. The summed E-state index contributed by atoms with van der Waals surface area (Å²) in [5, 5.41) is 0. The number of ether oxygens (including phenoxy) is 1. The number of esters is 1. The van der Waals surface area contributed by atoms with Gasteiger partial charge < -0.3 is 15.4 Å². The molecule has 0 saturated heterocycles. The molecule has 0 amide bonds. The molecule has 23 heavy (non-hydrogen) atoms. The molecule has 2 N–H and O–H groups in total. The van der Waals surface area contributed by atoms with Crippen LogP contribution in [-0.2, 0) is 4.74 Å². The third-order valence-electron chi connectivity index (χ3n) is 2.87. The van der Waals surface area contributed by atoms with E-state index in [1.165, 1.54) is 6.92 Å². The summed E-state index contributed by atoms with van der Waals surface area (Å²) in [7, 11) is 3.40. The molecule has 1 aromatic carbocycles. The van der Waals surface area contributed by atoms with Crippen molar-refractivity contribution in [3.05, 3.63) is 41.2 Å². The van der Waals surface area contributed by atoms with E-state index in [1.54, 1.807) is 19.0 Å². The molecule has 0 aliphatic heterocycles. The standard InChI is InChI=1S/C14H15F2N5O2/c1-7(11-18-13(17)20-14(19-11)21(2)3)23-12(22)10-8(15)5-4-6-9(10)16/h4-7H,1-3H3,(H2,17,18,19,20). The molecule has 1 unspecified atom stereocenters. The highest BCUT2D eigenvalue weighted by Crippen LogP contribution is 2.20. The highest BCUT2D eigenvalue weighted by atomic mass is 19.1. The monoisotopic (exact) mass is 323 g/mol. The molecule has 7 nitrogen and oxygen atoms in total. The molecule has 0 aliphatic rings. The molecular weight excluding hydrogens is 308 g/mol. The van der Waals surface area contributed by atoms with E-state index in [-0.39, 0.29) is 17.7 Å². The highest BCUT2D eigenvalue weighted by molar-refractivity contribution is 5.90. The molecule has 0 spiro atoms. The van der Waals surface area contributed by atoms with E-state index in [1.807, 2.05) is 0 Å². The molecule has 2 aromatic rings. The lowest BCUT2D eigenvalue weighted by Gasteiger charge is -2.15. The molecule has 1 heterocycles. The van der Waals surface area contributed by atoms with Crippen LogP contribution in [0.15, 0.2) is 18.2 Å². The summed E-state index contributed by atoms with van der Waals surface area (Å²) in [6.07, 6.45) is -0.967. The lowest BCUT2D eigenvalue weighted by molar-refractivity contribution is 0.0308. The van der Waals surface area contributed by atoms with Crippen LogP contribution >= 0.6 is 0 Å². The van der Waals surface area contributed by atoms with Gasteiger partial charge in [0.1, 0.15) is 17.2 Å². The van der Waals surface area contributed by atoms with Crippen LogP contribution in [0.1, 0.15) is 29.2 Å². The number of halogens is 2. The van der Waals surface area contributed by atoms with Crippen molar-refractivity contribution in [1.29, 1.82) is 0 Å². The Hall–Kier alpha value is -2.84. The van der Waals surface area contributed by atoms with Gasteiger partial charge in [0.15, 0.2) is 11.9 Å². The number of nitrogens with zero attached hydrogens (tertiary/aromatic N) is 4. The van der Waals surface area contributed by atoms with Crippen LogP contribution in [0.25, 0.3) is 0 Å². The quantitative estimate of drug-likeness (QED) is 0.856. The number of nitrogens with two attached hydrogens (primary N) is 1. The molecule has 122 valence electrons. The number of hydrogen-bond acceptors (Lipinski definition) is 7. The number of benzene rings is 1. The Kier molecular flexibility index (Phi) is 4.68. The van der Waals surface area contributed by atoms with Gasteiger partial charge in [-0.2, -0.15) is 15.0 Å². The molecule has 2 rings (SSSR count). The minimum absolute atomic E-state index is 0.0568. The largest absolute Gasteiger partial charge is 0.451 e. The predicted molar refractivity (Wildman–Crippen MR) is 78.8 cm³/mol.